The molecule has 98 valence electrons. The summed E-state index contributed by atoms with van der Waals surface area (Å²) in [4.78, 5) is 23.3. The normalized spacial score (nSPS) is 10.9. The Kier molecular flexibility index (Phi) is 4.11. The second-order valence-electron chi connectivity index (χ2n) is 5.18. The quantitative estimate of drug-likeness (QED) is 0.838. The molecule has 0 spiro atoms. The van der Waals surface area contributed by atoms with Crippen molar-refractivity contribution in [2.75, 3.05) is 12.4 Å². The third-order valence-corrected chi connectivity index (χ3v) is 2.54. The third-order valence-electron chi connectivity index (χ3n) is 2.54. The van der Waals surface area contributed by atoms with E-state index in [1.807, 2.05) is 20.8 Å². The van der Waals surface area contributed by atoms with Crippen LogP contribution in [0.3, 0.4) is 0 Å². The van der Waals surface area contributed by atoms with Crippen molar-refractivity contribution in [2.45, 2.75) is 27.7 Å². The Morgan fingerprint density at radius 1 is 1.22 bits per heavy atom. The van der Waals surface area contributed by atoms with Crippen molar-refractivity contribution in [3.05, 3.63) is 23.8 Å². The molecule has 0 unspecified atom stereocenters. The molecule has 1 aromatic carbocycles. The Labute approximate surface area is 107 Å². The second-order valence-corrected chi connectivity index (χ2v) is 5.18. The summed E-state index contributed by atoms with van der Waals surface area (Å²) >= 11 is 0. The first kappa shape index (κ1) is 14.2. The van der Waals surface area contributed by atoms with Gasteiger partial charge in [0.05, 0.1) is 12.8 Å². The van der Waals surface area contributed by atoms with E-state index in [0.717, 1.165) is 0 Å². The Morgan fingerprint density at radius 2 is 1.83 bits per heavy atom. The van der Waals surface area contributed by atoms with Crippen LogP contribution in [-0.2, 0) is 4.79 Å². The molecule has 0 saturated heterocycles. The third kappa shape index (κ3) is 3.32. The molecule has 0 fully saturated rings. The van der Waals surface area contributed by atoms with Gasteiger partial charge in [-0.1, -0.05) is 20.8 Å². The van der Waals surface area contributed by atoms with Crippen LogP contribution in [0.15, 0.2) is 18.2 Å². The lowest BCUT2D eigenvalue weighted by molar-refractivity contribution is -0.123. The van der Waals surface area contributed by atoms with E-state index < -0.39 is 5.41 Å². The van der Waals surface area contributed by atoms with E-state index in [1.54, 1.807) is 18.2 Å². The zero-order chi connectivity index (χ0) is 13.9. The highest BCUT2D eigenvalue weighted by atomic mass is 16.5. The molecule has 0 aliphatic rings. The van der Waals surface area contributed by atoms with Crippen molar-refractivity contribution in [3.63, 3.8) is 0 Å². The van der Waals surface area contributed by atoms with Crippen LogP contribution in [0, 0.1) is 5.41 Å². The lowest BCUT2D eigenvalue weighted by Crippen LogP contribution is -2.27. The second kappa shape index (κ2) is 5.21. The molecule has 1 rings (SSSR count). The minimum absolute atomic E-state index is 0.0519. The number of ketones is 1. The molecule has 0 bridgehead atoms. The minimum Gasteiger partial charge on any atom is -0.495 e. The van der Waals surface area contributed by atoms with E-state index in [4.69, 9.17) is 4.74 Å². The van der Waals surface area contributed by atoms with Gasteiger partial charge in [0.25, 0.3) is 0 Å². The summed E-state index contributed by atoms with van der Waals surface area (Å²) in [5.41, 5.74) is 0.558. The summed E-state index contributed by atoms with van der Waals surface area (Å²) in [6, 6.07) is 4.98. The fourth-order valence-electron chi connectivity index (χ4n) is 1.33. The molecule has 1 amide bonds. The summed E-state index contributed by atoms with van der Waals surface area (Å²) in [6.45, 7) is 6.95. The molecule has 0 saturated carbocycles. The van der Waals surface area contributed by atoms with E-state index in [9.17, 15) is 9.59 Å². The van der Waals surface area contributed by atoms with E-state index in [2.05, 4.69) is 5.32 Å². The zero-order valence-corrected chi connectivity index (χ0v) is 11.5. The van der Waals surface area contributed by atoms with Gasteiger partial charge in [0.2, 0.25) is 5.91 Å². The van der Waals surface area contributed by atoms with Gasteiger partial charge in [-0.25, -0.2) is 0 Å². The summed E-state index contributed by atoms with van der Waals surface area (Å²) in [5, 5.41) is 2.78. The van der Waals surface area contributed by atoms with Gasteiger partial charge in [-0.3, -0.25) is 9.59 Å². The maximum Gasteiger partial charge on any atom is 0.229 e. The number of hydrogen-bond acceptors (Lipinski definition) is 3. The number of rotatable bonds is 3. The molecule has 0 aromatic heterocycles. The molecule has 0 atom stereocenters. The highest BCUT2D eigenvalue weighted by Crippen LogP contribution is 2.27. The van der Waals surface area contributed by atoms with Crippen LogP contribution in [0.4, 0.5) is 5.69 Å². The SMILES string of the molecule is COc1ccc(C(C)=O)cc1NC(=O)C(C)(C)C. The minimum atomic E-state index is -0.503. The van der Waals surface area contributed by atoms with Gasteiger partial charge < -0.3 is 10.1 Å². The summed E-state index contributed by atoms with van der Waals surface area (Å²) in [6.07, 6.45) is 0. The van der Waals surface area contributed by atoms with Crippen molar-refractivity contribution in [3.8, 4) is 5.75 Å². The highest BCUT2D eigenvalue weighted by Gasteiger charge is 2.22. The molecule has 0 aliphatic heterocycles. The predicted molar refractivity (Wildman–Crippen MR) is 71.1 cm³/mol. The maximum absolute atomic E-state index is 11.9. The molecule has 4 nitrogen and oxygen atoms in total. The van der Waals surface area contributed by atoms with Gasteiger partial charge in [0, 0.05) is 11.0 Å². The van der Waals surface area contributed by atoms with E-state index >= 15 is 0 Å². The number of methoxy groups -OCH3 is 1. The fourth-order valence-corrected chi connectivity index (χ4v) is 1.33. The number of anilines is 1. The number of nitrogens with one attached hydrogen (secondary N) is 1. The monoisotopic (exact) mass is 249 g/mol. The first-order valence-electron chi connectivity index (χ1n) is 5.76. The van der Waals surface area contributed by atoms with Crippen LogP contribution in [0.2, 0.25) is 0 Å². The first-order chi connectivity index (χ1) is 8.25. The van der Waals surface area contributed by atoms with Gasteiger partial charge in [0.1, 0.15) is 5.75 Å². The van der Waals surface area contributed by atoms with Gasteiger partial charge in [-0.15, -0.1) is 0 Å². The van der Waals surface area contributed by atoms with Crippen LogP contribution >= 0.6 is 0 Å². The summed E-state index contributed by atoms with van der Waals surface area (Å²) < 4.78 is 5.17. The fraction of sp³-hybridized carbons (Fsp3) is 0.429. The highest BCUT2D eigenvalue weighted by molar-refractivity contribution is 5.99. The molecule has 0 radical (unpaired) electrons. The average molecular weight is 249 g/mol. The van der Waals surface area contributed by atoms with Crippen LogP contribution in [0.25, 0.3) is 0 Å². The number of carbonyl (C=O) groups is 2. The van der Waals surface area contributed by atoms with Crippen LogP contribution in [-0.4, -0.2) is 18.8 Å². The average Bonchev–Trinajstić information content (AvgIpc) is 2.27. The topological polar surface area (TPSA) is 55.4 Å². The molecule has 0 heterocycles. The number of Topliss-reactive ketones (excluding diaryl/α,β-unsaturated/α-hetero) is 1. The number of hydrogen-bond donors (Lipinski definition) is 1. The van der Waals surface area contributed by atoms with E-state index in [-0.39, 0.29) is 11.7 Å². The molecule has 18 heavy (non-hydrogen) atoms. The van der Waals surface area contributed by atoms with E-state index in [1.165, 1.54) is 14.0 Å². The van der Waals surface area contributed by atoms with Crippen molar-refractivity contribution in [1.82, 2.24) is 0 Å². The van der Waals surface area contributed by atoms with Crippen molar-refractivity contribution in [2.24, 2.45) is 5.41 Å². The number of amides is 1. The summed E-state index contributed by atoms with van der Waals surface area (Å²) in [5.74, 6) is 0.364. The lowest BCUT2D eigenvalue weighted by atomic mass is 9.95. The van der Waals surface area contributed by atoms with Gasteiger partial charge in [-0.05, 0) is 25.1 Å². The van der Waals surface area contributed by atoms with Crippen LogP contribution in [0.1, 0.15) is 38.1 Å². The Morgan fingerprint density at radius 3 is 2.28 bits per heavy atom. The smallest absolute Gasteiger partial charge is 0.229 e. The van der Waals surface area contributed by atoms with Crippen molar-refractivity contribution in [1.29, 1.82) is 0 Å². The molecule has 1 N–H and O–H groups in total. The molecule has 4 heteroatoms. The van der Waals surface area contributed by atoms with E-state index in [0.29, 0.717) is 17.0 Å². The summed E-state index contributed by atoms with van der Waals surface area (Å²) in [7, 11) is 1.52. The Bertz CT molecular complexity index is 472. The number of carbonyl (C=O) groups excluding carboxylic acids is 2. The molecular weight excluding hydrogens is 230 g/mol. The molecular formula is C14H19NO3. The first-order valence-corrected chi connectivity index (χ1v) is 5.76. The van der Waals surface area contributed by atoms with Gasteiger partial charge >= 0.3 is 0 Å². The largest absolute Gasteiger partial charge is 0.495 e. The van der Waals surface area contributed by atoms with Gasteiger partial charge in [0.15, 0.2) is 5.78 Å². The van der Waals surface area contributed by atoms with Crippen LogP contribution in [0.5, 0.6) is 5.75 Å². The lowest BCUT2D eigenvalue weighted by Gasteiger charge is -2.19. The molecule has 1 aromatic rings. The Hall–Kier alpha value is -1.84. The number of ether oxygens (including phenoxy) is 1. The number of benzene rings is 1. The molecule has 0 aliphatic carbocycles. The van der Waals surface area contributed by atoms with Crippen LogP contribution < -0.4 is 10.1 Å². The van der Waals surface area contributed by atoms with Crippen molar-refractivity contribution >= 4 is 17.4 Å². The van der Waals surface area contributed by atoms with Gasteiger partial charge in [-0.2, -0.15) is 0 Å². The standard InChI is InChI=1S/C14H19NO3/c1-9(16)10-6-7-12(18-5)11(8-10)15-13(17)14(2,3)4/h6-8H,1-5H3,(H,15,17). The maximum atomic E-state index is 11.9. The predicted octanol–water partition coefficient (Wildman–Crippen LogP) is 2.88. The van der Waals surface area contributed by atoms with Crippen molar-refractivity contribution < 1.29 is 14.3 Å². The Balaban J connectivity index is 3.09. The zero-order valence-electron chi connectivity index (χ0n) is 11.5.